The van der Waals surface area contributed by atoms with Crippen LogP contribution < -0.4 is 0 Å². The molecule has 38 heavy (non-hydrogen) atoms. The molecule has 2 aliphatic heterocycles. The molecule has 2 fully saturated rings. The monoisotopic (exact) mass is 570 g/mol. The summed E-state index contributed by atoms with van der Waals surface area (Å²) in [4.78, 5) is 14.6. The molecule has 0 bridgehead atoms. The second-order valence-electron chi connectivity index (χ2n) is 9.11. The van der Waals surface area contributed by atoms with Gasteiger partial charge >= 0.3 is 0 Å². The van der Waals surface area contributed by atoms with Crippen LogP contribution in [0.15, 0.2) is 41.4 Å². The van der Waals surface area contributed by atoms with Crippen LogP contribution in [0.1, 0.15) is 16.4 Å². The second-order valence-corrected chi connectivity index (χ2v) is 10.7. The zero-order chi connectivity index (χ0) is 27.3. The van der Waals surface area contributed by atoms with Crippen LogP contribution in [-0.4, -0.2) is 86.6 Å². The van der Waals surface area contributed by atoms with E-state index in [1.165, 1.54) is 15.8 Å². The molecule has 2 aliphatic rings. The van der Waals surface area contributed by atoms with Crippen molar-refractivity contribution in [3.63, 3.8) is 0 Å². The molecule has 202 valence electrons. The summed E-state index contributed by atoms with van der Waals surface area (Å²) in [5.74, 6) is -4.66. The van der Waals surface area contributed by atoms with Gasteiger partial charge in [0.2, 0.25) is 0 Å². The fraction of sp³-hybridized carbons (Fsp3) is 0.375. The molecule has 3 aromatic rings. The SMILES string of the molecule is CN(C)C(=O)c1ccc(Cl)cc1S[C@H]1OC2C(O)CO[C@@H]2C(n2cc(-c3cc(F)c(F)c(F)c3)nn2)C1O. The van der Waals surface area contributed by atoms with Gasteiger partial charge in [0.05, 0.1) is 18.4 Å². The Hall–Kier alpha value is -2.68. The number of fused-ring (bicyclic) bond motifs is 1. The Labute approximate surface area is 224 Å². The minimum atomic E-state index is -1.61. The number of amides is 1. The van der Waals surface area contributed by atoms with Gasteiger partial charge < -0.3 is 24.6 Å². The van der Waals surface area contributed by atoms with Crippen molar-refractivity contribution in [1.82, 2.24) is 19.9 Å². The molecule has 0 radical (unpaired) electrons. The van der Waals surface area contributed by atoms with Gasteiger partial charge in [0.25, 0.3) is 5.91 Å². The number of thioether (sulfide) groups is 1. The number of carbonyl (C=O) groups is 1. The van der Waals surface area contributed by atoms with Crippen LogP contribution in [0.5, 0.6) is 0 Å². The lowest BCUT2D eigenvalue weighted by Gasteiger charge is -2.41. The molecule has 14 heteroatoms. The first-order valence-electron chi connectivity index (χ1n) is 11.4. The van der Waals surface area contributed by atoms with E-state index in [4.69, 9.17) is 21.1 Å². The highest BCUT2D eigenvalue weighted by Crippen LogP contribution is 2.43. The molecular weight excluding hydrogens is 549 g/mol. The van der Waals surface area contributed by atoms with Gasteiger partial charge in [-0.15, -0.1) is 5.10 Å². The van der Waals surface area contributed by atoms with Crippen molar-refractivity contribution in [2.75, 3.05) is 20.7 Å². The summed E-state index contributed by atoms with van der Waals surface area (Å²) >= 11 is 7.23. The van der Waals surface area contributed by atoms with Crippen molar-refractivity contribution in [3.8, 4) is 11.3 Å². The predicted octanol–water partition coefficient (Wildman–Crippen LogP) is 2.90. The van der Waals surface area contributed by atoms with Crippen molar-refractivity contribution >= 4 is 29.3 Å². The van der Waals surface area contributed by atoms with Gasteiger partial charge in [0.1, 0.15) is 41.6 Å². The van der Waals surface area contributed by atoms with Gasteiger partial charge in [0, 0.05) is 29.6 Å². The number of aromatic nitrogens is 3. The highest BCUT2D eigenvalue weighted by molar-refractivity contribution is 8.00. The van der Waals surface area contributed by atoms with Gasteiger partial charge in [-0.3, -0.25) is 4.79 Å². The highest BCUT2D eigenvalue weighted by atomic mass is 35.5. The number of hydrogen-bond donors (Lipinski definition) is 2. The topological polar surface area (TPSA) is 110 Å². The molecule has 1 amide bonds. The molecule has 5 rings (SSSR count). The summed E-state index contributed by atoms with van der Waals surface area (Å²) in [6.07, 6.45) is -2.68. The van der Waals surface area contributed by atoms with Gasteiger partial charge in [0.15, 0.2) is 17.5 Å². The number of nitrogens with zero attached hydrogens (tertiary/aromatic N) is 4. The van der Waals surface area contributed by atoms with Gasteiger partial charge in [-0.25, -0.2) is 17.9 Å². The van der Waals surface area contributed by atoms with Crippen LogP contribution in [0.25, 0.3) is 11.3 Å². The summed E-state index contributed by atoms with van der Waals surface area (Å²) < 4.78 is 54.0. The first-order valence-corrected chi connectivity index (χ1v) is 12.7. The molecule has 2 N–H and O–H groups in total. The Morgan fingerprint density at radius 3 is 2.55 bits per heavy atom. The van der Waals surface area contributed by atoms with Crippen LogP contribution >= 0.6 is 23.4 Å². The number of aliphatic hydroxyl groups is 2. The third-order valence-electron chi connectivity index (χ3n) is 6.34. The molecule has 4 unspecified atom stereocenters. The summed E-state index contributed by atoms with van der Waals surface area (Å²) in [5, 5.41) is 30.2. The van der Waals surface area contributed by atoms with E-state index >= 15 is 0 Å². The fourth-order valence-electron chi connectivity index (χ4n) is 4.47. The van der Waals surface area contributed by atoms with Gasteiger partial charge in [-0.2, -0.15) is 0 Å². The molecule has 2 aromatic carbocycles. The lowest BCUT2D eigenvalue weighted by molar-refractivity contribution is -0.161. The maximum absolute atomic E-state index is 13.8. The van der Waals surface area contributed by atoms with Crippen molar-refractivity contribution in [1.29, 1.82) is 0 Å². The van der Waals surface area contributed by atoms with Crippen molar-refractivity contribution < 1.29 is 37.7 Å². The number of ether oxygens (including phenoxy) is 2. The molecule has 1 aromatic heterocycles. The average Bonchev–Trinajstić information content (AvgIpc) is 3.50. The second kappa shape index (κ2) is 10.5. The first kappa shape index (κ1) is 26.9. The average molecular weight is 571 g/mol. The number of hydrogen-bond acceptors (Lipinski definition) is 8. The lowest BCUT2D eigenvalue weighted by Crippen LogP contribution is -2.54. The summed E-state index contributed by atoms with van der Waals surface area (Å²) in [6, 6.07) is 5.35. The summed E-state index contributed by atoms with van der Waals surface area (Å²) in [5.41, 5.74) is -0.701. The Kier molecular flexibility index (Phi) is 7.42. The zero-order valence-corrected chi connectivity index (χ0v) is 21.5. The van der Waals surface area contributed by atoms with Crippen LogP contribution in [0.4, 0.5) is 13.2 Å². The third kappa shape index (κ3) is 4.90. The standard InChI is InChI=1S/C24H22ClF3N4O5S/c1-31(2)23(35)12-4-3-11(25)7-17(12)38-24-20(34)19(22-21(37-24)16(33)9-36-22)32-8-15(29-30-32)10-5-13(26)18(28)14(27)6-10/h3-8,16,19-22,24,33-34H,9H2,1-2H3/t16?,19?,20?,21?,22-,24-/m1/s1. The van der Waals surface area contributed by atoms with E-state index in [1.807, 2.05) is 0 Å². The van der Waals surface area contributed by atoms with E-state index < -0.39 is 53.3 Å². The van der Waals surface area contributed by atoms with E-state index in [9.17, 15) is 28.2 Å². The lowest BCUT2D eigenvalue weighted by atomic mass is 9.96. The maximum Gasteiger partial charge on any atom is 0.254 e. The van der Waals surface area contributed by atoms with Crippen LogP contribution in [0, 0.1) is 17.5 Å². The fourth-order valence-corrected chi connectivity index (χ4v) is 5.92. The smallest absolute Gasteiger partial charge is 0.254 e. The van der Waals surface area contributed by atoms with E-state index in [0.717, 1.165) is 23.9 Å². The van der Waals surface area contributed by atoms with Crippen LogP contribution in [-0.2, 0) is 9.47 Å². The first-order chi connectivity index (χ1) is 18.0. The Morgan fingerprint density at radius 1 is 1.16 bits per heavy atom. The highest BCUT2D eigenvalue weighted by Gasteiger charge is 2.53. The molecule has 9 nitrogen and oxygen atoms in total. The molecule has 6 atom stereocenters. The normalized spacial score (nSPS) is 26.8. The van der Waals surface area contributed by atoms with Crippen LogP contribution in [0.3, 0.4) is 0 Å². The Bertz CT molecular complexity index is 1360. The molecule has 0 spiro atoms. The quantitative estimate of drug-likeness (QED) is 0.451. The van der Waals surface area contributed by atoms with E-state index in [-0.39, 0.29) is 23.8 Å². The number of halogens is 4. The third-order valence-corrected chi connectivity index (χ3v) is 7.79. The molecular formula is C24H22ClF3N4O5S. The largest absolute Gasteiger partial charge is 0.388 e. The Morgan fingerprint density at radius 2 is 1.87 bits per heavy atom. The van der Waals surface area contributed by atoms with Crippen LogP contribution in [0.2, 0.25) is 5.02 Å². The number of benzene rings is 2. The Balaban J connectivity index is 1.49. The number of rotatable bonds is 5. The van der Waals surface area contributed by atoms with Gasteiger partial charge in [-0.1, -0.05) is 28.6 Å². The molecule has 2 saturated heterocycles. The van der Waals surface area contributed by atoms with Crippen molar-refractivity contribution in [2.24, 2.45) is 0 Å². The zero-order valence-electron chi connectivity index (χ0n) is 20.0. The summed E-state index contributed by atoms with van der Waals surface area (Å²) in [7, 11) is 3.21. The van der Waals surface area contributed by atoms with E-state index in [2.05, 4.69) is 10.3 Å². The number of aliphatic hydroxyl groups excluding tert-OH is 2. The number of carbonyl (C=O) groups excluding carboxylic acids is 1. The minimum absolute atomic E-state index is 0.0227. The van der Waals surface area contributed by atoms with Crippen molar-refractivity contribution in [3.05, 3.63) is 64.6 Å². The molecule has 0 saturated carbocycles. The molecule has 3 heterocycles. The van der Waals surface area contributed by atoms with E-state index in [0.29, 0.717) is 15.5 Å². The minimum Gasteiger partial charge on any atom is -0.388 e. The van der Waals surface area contributed by atoms with E-state index in [1.54, 1.807) is 32.3 Å². The predicted molar refractivity (Wildman–Crippen MR) is 130 cm³/mol. The summed E-state index contributed by atoms with van der Waals surface area (Å²) in [6.45, 7) is -0.0621. The van der Waals surface area contributed by atoms with Crippen molar-refractivity contribution in [2.45, 2.75) is 40.8 Å². The maximum atomic E-state index is 13.8. The van der Waals surface area contributed by atoms with Gasteiger partial charge in [-0.05, 0) is 30.3 Å². The molecule has 0 aliphatic carbocycles.